The molecule has 0 atom stereocenters. The second-order valence-electron chi connectivity index (χ2n) is 3.83. The van der Waals surface area contributed by atoms with Gasteiger partial charge in [0.2, 0.25) is 0 Å². The van der Waals surface area contributed by atoms with Crippen LogP contribution in [-0.4, -0.2) is 13.7 Å². The quantitative estimate of drug-likeness (QED) is 0.689. The summed E-state index contributed by atoms with van der Waals surface area (Å²) in [4.78, 5) is 2.36. The van der Waals surface area contributed by atoms with E-state index >= 15 is 0 Å². The Balaban J connectivity index is 2.11. The third kappa shape index (κ3) is 1.25. The molecule has 0 amide bonds. The average Bonchev–Trinajstić information content (AvgIpc) is 2.76. The third-order valence-corrected chi connectivity index (χ3v) is 2.98. The van der Waals surface area contributed by atoms with Crippen LogP contribution in [0.25, 0.3) is 6.08 Å². The van der Waals surface area contributed by atoms with Crippen LogP contribution in [0.15, 0.2) is 36.0 Å². The lowest BCUT2D eigenvalue weighted by Gasteiger charge is -2.26. The van der Waals surface area contributed by atoms with E-state index in [0.717, 1.165) is 18.7 Å². The Labute approximate surface area is 89.5 Å². The van der Waals surface area contributed by atoms with Crippen LogP contribution in [0, 0.1) is 0 Å². The number of hydrogen-bond acceptors (Lipinski definition) is 2. The molecule has 0 unspecified atom stereocenters. The molecule has 2 nitrogen and oxygen atoms in total. The normalized spacial score (nSPS) is 17.1. The fourth-order valence-electron chi connectivity index (χ4n) is 2.21. The van der Waals surface area contributed by atoms with Crippen molar-refractivity contribution in [3.63, 3.8) is 0 Å². The lowest BCUT2D eigenvalue weighted by molar-refractivity contribution is 0.414. The molecular formula is C13H13NO. The van der Waals surface area contributed by atoms with E-state index in [9.17, 15) is 0 Å². The van der Waals surface area contributed by atoms with Gasteiger partial charge in [-0.05, 0) is 30.7 Å². The Morgan fingerprint density at radius 3 is 3.07 bits per heavy atom. The summed E-state index contributed by atoms with van der Waals surface area (Å²) in [5.41, 5.74) is 3.86. The second-order valence-corrected chi connectivity index (χ2v) is 3.83. The van der Waals surface area contributed by atoms with Crippen molar-refractivity contribution in [1.29, 1.82) is 0 Å². The van der Waals surface area contributed by atoms with Crippen molar-refractivity contribution in [2.45, 2.75) is 6.42 Å². The molecule has 2 heteroatoms. The van der Waals surface area contributed by atoms with Gasteiger partial charge in [0.1, 0.15) is 5.75 Å². The van der Waals surface area contributed by atoms with Crippen LogP contribution in [0.3, 0.4) is 0 Å². The van der Waals surface area contributed by atoms with Gasteiger partial charge in [0.25, 0.3) is 0 Å². The standard InChI is InChI=1S/C13H13NO/c1-15-12-6-7-13-10(9-12)4-5-11-3-2-8-14(11)13/h3-7,9H,2,8H2,1H3. The molecule has 2 aliphatic rings. The van der Waals surface area contributed by atoms with Gasteiger partial charge in [0.05, 0.1) is 7.11 Å². The van der Waals surface area contributed by atoms with Crippen LogP contribution in [-0.2, 0) is 0 Å². The lowest BCUT2D eigenvalue weighted by Crippen LogP contribution is -2.20. The monoisotopic (exact) mass is 199 g/mol. The molecule has 15 heavy (non-hydrogen) atoms. The Bertz CT molecular complexity index is 460. The van der Waals surface area contributed by atoms with Gasteiger partial charge in [0, 0.05) is 23.5 Å². The Morgan fingerprint density at radius 1 is 1.27 bits per heavy atom. The molecule has 0 aliphatic carbocycles. The molecule has 0 radical (unpaired) electrons. The van der Waals surface area contributed by atoms with Gasteiger partial charge in [-0.1, -0.05) is 12.2 Å². The predicted molar refractivity (Wildman–Crippen MR) is 62.1 cm³/mol. The summed E-state index contributed by atoms with van der Waals surface area (Å²) in [6, 6.07) is 6.24. The smallest absolute Gasteiger partial charge is 0.119 e. The number of benzene rings is 1. The number of methoxy groups -OCH3 is 1. The second kappa shape index (κ2) is 3.16. The molecule has 0 fully saturated rings. The Hall–Kier alpha value is -1.70. The number of anilines is 1. The summed E-state index contributed by atoms with van der Waals surface area (Å²) < 4.78 is 5.22. The zero-order chi connectivity index (χ0) is 10.3. The van der Waals surface area contributed by atoms with Crippen LogP contribution < -0.4 is 9.64 Å². The molecule has 0 saturated heterocycles. The Morgan fingerprint density at radius 2 is 2.20 bits per heavy atom. The molecule has 1 aromatic rings. The van der Waals surface area contributed by atoms with E-state index in [0.29, 0.717) is 0 Å². The average molecular weight is 199 g/mol. The van der Waals surface area contributed by atoms with Gasteiger partial charge in [-0.15, -0.1) is 0 Å². The molecular weight excluding hydrogens is 186 g/mol. The van der Waals surface area contributed by atoms with Gasteiger partial charge in [-0.2, -0.15) is 0 Å². The zero-order valence-electron chi connectivity index (χ0n) is 8.73. The van der Waals surface area contributed by atoms with Crippen LogP contribution in [0.4, 0.5) is 5.69 Å². The molecule has 0 aromatic heterocycles. The topological polar surface area (TPSA) is 12.5 Å². The van der Waals surface area contributed by atoms with Crippen LogP contribution in [0.5, 0.6) is 5.75 Å². The third-order valence-electron chi connectivity index (χ3n) is 2.98. The summed E-state index contributed by atoms with van der Waals surface area (Å²) >= 11 is 0. The van der Waals surface area contributed by atoms with Gasteiger partial charge >= 0.3 is 0 Å². The first-order valence-corrected chi connectivity index (χ1v) is 5.22. The maximum absolute atomic E-state index is 5.22. The number of hydrogen-bond donors (Lipinski definition) is 0. The van der Waals surface area contributed by atoms with Crippen molar-refractivity contribution in [2.75, 3.05) is 18.6 Å². The molecule has 2 heterocycles. The van der Waals surface area contributed by atoms with Crippen molar-refractivity contribution in [2.24, 2.45) is 0 Å². The highest BCUT2D eigenvalue weighted by Crippen LogP contribution is 2.35. The minimum absolute atomic E-state index is 0.921. The van der Waals surface area contributed by atoms with Crippen LogP contribution in [0.2, 0.25) is 0 Å². The maximum atomic E-state index is 5.22. The highest BCUT2D eigenvalue weighted by Gasteiger charge is 2.20. The van der Waals surface area contributed by atoms with Gasteiger partial charge in [-0.25, -0.2) is 0 Å². The first kappa shape index (κ1) is 8.60. The minimum Gasteiger partial charge on any atom is -0.497 e. The van der Waals surface area contributed by atoms with Gasteiger partial charge in [0.15, 0.2) is 0 Å². The van der Waals surface area contributed by atoms with E-state index < -0.39 is 0 Å². The zero-order valence-corrected chi connectivity index (χ0v) is 8.73. The van der Waals surface area contributed by atoms with Gasteiger partial charge < -0.3 is 9.64 Å². The van der Waals surface area contributed by atoms with Crippen molar-refractivity contribution in [3.8, 4) is 5.75 Å². The predicted octanol–water partition coefficient (Wildman–Crippen LogP) is 2.82. The first-order chi connectivity index (χ1) is 7.38. The molecule has 76 valence electrons. The highest BCUT2D eigenvalue weighted by atomic mass is 16.5. The van der Waals surface area contributed by atoms with E-state index in [-0.39, 0.29) is 0 Å². The summed E-state index contributed by atoms with van der Waals surface area (Å²) in [6.07, 6.45) is 7.76. The highest BCUT2D eigenvalue weighted by molar-refractivity contribution is 5.78. The number of rotatable bonds is 1. The van der Waals surface area contributed by atoms with E-state index in [2.05, 4.69) is 35.3 Å². The number of nitrogens with zero attached hydrogens (tertiary/aromatic N) is 1. The van der Waals surface area contributed by atoms with Crippen LogP contribution >= 0.6 is 0 Å². The van der Waals surface area contributed by atoms with Crippen molar-refractivity contribution >= 4 is 11.8 Å². The number of fused-ring (bicyclic) bond motifs is 3. The fourth-order valence-corrected chi connectivity index (χ4v) is 2.21. The van der Waals surface area contributed by atoms with Crippen molar-refractivity contribution in [1.82, 2.24) is 0 Å². The fraction of sp³-hybridized carbons (Fsp3) is 0.231. The summed E-state index contributed by atoms with van der Waals surface area (Å²) in [5, 5.41) is 0. The minimum atomic E-state index is 0.921. The van der Waals surface area contributed by atoms with E-state index in [1.165, 1.54) is 16.9 Å². The van der Waals surface area contributed by atoms with Crippen molar-refractivity contribution < 1.29 is 4.74 Å². The summed E-state index contributed by atoms with van der Waals surface area (Å²) in [5.74, 6) is 0.921. The molecule has 0 saturated carbocycles. The largest absolute Gasteiger partial charge is 0.497 e. The molecule has 3 rings (SSSR count). The SMILES string of the molecule is COc1ccc2c(c1)C=CC1=CCCN12. The summed E-state index contributed by atoms with van der Waals surface area (Å²) in [7, 11) is 1.70. The Kier molecular flexibility index (Phi) is 1.81. The van der Waals surface area contributed by atoms with Crippen molar-refractivity contribution in [3.05, 3.63) is 41.6 Å². The molecule has 0 N–H and O–H groups in total. The van der Waals surface area contributed by atoms with Crippen LogP contribution in [0.1, 0.15) is 12.0 Å². The number of allylic oxidation sites excluding steroid dienone is 1. The van der Waals surface area contributed by atoms with Gasteiger partial charge in [-0.3, -0.25) is 0 Å². The molecule has 1 aromatic carbocycles. The van der Waals surface area contributed by atoms with E-state index in [4.69, 9.17) is 4.74 Å². The lowest BCUT2D eigenvalue weighted by atomic mass is 10.1. The summed E-state index contributed by atoms with van der Waals surface area (Å²) in [6.45, 7) is 1.10. The molecule has 0 bridgehead atoms. The number of ether oxygens (including phenoxy) is 1. The van der Waals surface area contributed by atoms with E-state index in [1.54, 1.807) is 7.11 Å². The maximum Gasteiger partial charge on any atom is 0.119 e. The molecule has 0 spiro atoms. The first-order valence-electron chi connectivity index (χ1n) is 5.22. The van der Waals surface area contributed by atoms with E-state index in [1.807, 2.05) is 6.07 Å². The molecule has 2 aliphatic heterocycles.